The summed E-state index contributed by atoms with van der Waals surface area (Å²) >= 11 is 5.64. The van der Waals surface area contributed by atoms with Gasteiger partial charge in [0.15, 0.2) is 0 Å². The van der Waals surface area contributed by atoms with Gasteiger partial charge in [-0.3, -0.25) is 0 Å². The topological polar surface area (TPSA) is 3.24 Å². The molecule has 0 aliphatic rings. The second-order valence-corrected chi connectivity index (χ2v) is 3.96. The van der Waals surface area contributed by atoms with Crippen LogP contribution in [-0.2, 0) is 6.42 Å². The quantitative estimate of drug-likeness (QED) is 0.655. The Bertz CT molecular complexity index is 235. The Hall–Kier alpha value is -0.530. The summed E-state index contributed by atoms with van der Waals surface area (Å²) in [5.41, 5.74) is 1.41. The highest BCUT2D eigenvalue weighted by atomic mass is 35.5. The van der Waals surface area contributed by atoms with Crippen LogP contribution in [0.1, 0.15) is 12.0 Å². The number of likely N-dealkylation sites (N-methyl/N-ethyl adjacent to an activating group) is 1. The van der Waals surface area contributed by atoms with Gasteiger partial charge in [-0.1, -0.05) is 30.3 Å². The molecule has 0 aliphatic heterocycles. The third kappa shape index (κ3) is 4.64. The van der Waals surface area contributed by atoms with Crippen molar-refractivity contribution in [1.29, 1.82) is 0 Å². The summed E-state index contributed by atoms with van der Waals surface area (Å²) < 4.78 is 0. The van der Waals surface area contributed by atoms with Crippen molar-refractivity contribution in [3.05, 3.63) is 35.9 Å². The molecule has 2 heteroatoms. The zero-order chi connectivity index (χ0) is 10.2. The number of rotatable bonds is 6. The van der Waals surface area contributed by atoms with Gasteiger partial charge in [-0.15, -0.1) is 11.6 Å². The maximum absolute atomic E-state index is 5.64. The van der Waals surface area contributed by atoms with Crippen LogP contribution in [0.5, 0.6) is 0 Å². The van der Waals surface area contributed by atoms with E-state index >= 15 is 0 Å². The molecule has 0 fully saturated rings. The van der Waals surface area contributed by atoms with Gasteiger partial charge in [0.1, 0.15) is 0 Å². The fourth-order valence-electron chi connectivity index (χ4n) is 1.41. The van der Waals surface area contributed by atoms with Crippen LogP contribution in [-0.4, -0.2) is 30.9 Å². The Kier molecular flexibility index (Phi) is 5.65. The lowest BCUT2D eigenvalue weighted by atomic mass is 10.1. The van der Waals surface area contributed by atoms with E-state index in [1.165, 1.54) is 5.56 Å². The first kappa shape index (κ1) is 11.5. The van der Waals surface area contributed by atoms with Gasteiger partial charge in [0.05, 0.1) is 0 Å². The van der Waals surface area contributed by atoms with Crippen molar-refractivity contribution in [3.63, 3.8) is 0 Å². The van der Waals surface area contributed by atoms with Crippen LogP contribution >= 0.6 is 11.6 Å². The fourth-order valence-corrected chi connectivity index (χ4v) is 1.53. The van der Waals surface area contributed by atoms with Crippen molar-refractivity contribution in [2.24, 2.45) is 0 Å². The monoisotopic (exact) mass is 211 g/mol. The molecule has 0 spiro atoms. The van der Waals surface area contributed by atoms with Gasteiger partial charge in [-0.2, -0.15) is 0 Å². The molecule has 0 unspecified atom stereocenters. The Labute approximate surface area is 91.7 Å². The maximum atomic E-state index is 5.64. The number of alkyl halides is 1. The molecule has 1 aromatic rings. The predicted octanol–water partition coefficient (Wildman–Crippen LogP) is 2.79. The third-order valence-corrected chi connectivity index (χ3v) is 2.57. The van der Waals surface area contributed by atoms with Crippen LogP contribution in [0.2, 0.25) is 0 Å². The van der Waals surface area contributed by atoms with E-state index in [0.717, 1.165) is 31.8 Å². The standard InChI is InChI=1S/C12H18ClN/c1-14(10-5-9-13)11-8-12-6-3-2-4-7-12/h2-4,6-7H,5,8-11H2,1H3. The summed E-state index contributed by atoms with van der Waals surface area (Å²) in [7, 11) is 2.15. The Morgan fingerprint density at radius 3 is 2.50 bits per heavy atom. The lowest BCUT2D eigenvalue weighted by Crippen LogP contribution is -2.22. The predicted molar refractivity (Wildman–Crippen MR) is 63.0 cm³/mol. The van der Waals surface area contributed by atoms with Crippen molar-refractivity contribution in [3.8, 4) is 0 Å². The van der Waals surface area contributed by atoms with Crippen LogP contribution in [0.4, 0.5) is 0 Å². The average Bonchev–Trinajstić information content (AvgIpc) is 2.25. The molecule has 0 atom stereocenters. The molecule has 1 aromatic carbocycles. The minimum atomic E-state index is 0.760. The lowest BCUT2D eigenvalue weighted by Gasteiger charge is -2.15. The summed E-state index contributed by atoms with van der Waals surface area (Å²) in [6.07, 6.45) is 2.20. The van der Waals surface area contributed by atoms with Crippen molar-refractivity contribution in [2.45, 2.75) is 12.8 Å². The summed E-state index contributed by atoms with van der Waals surface area (Å²) in [4.78, 5) is 2.33. The van der Waals surface area contributed by atoms with Crippen LogP contribution < -0.4 is 0 Å². The van der Waals surface area contributed by atoms with Gasteiger partial charge < -0.3 is 4.90 Å². The number of benzene rings is 1. The van der Waals surface area contributed by atoms with Gasteiger partial charge in [0.2, 0.25) is 0 Å². The largest absolute Gasteiger partial charge is 0.306 e. The molecule has 0 aromatic heterocycles. The maximum Gasteiger partial charge on any atom is 0.0235 e. The second kappa shape index (κ2) is 6.86. The van der Waals surface area contributed by atoms with E-state index in [2.05, 4.69) is 42.3 Å². The van der Waals surface area contributed by atoms with E-state index in [1.807, 2.05) is 0 Å². The zero-order valence-corrected chi connectivity index (χ0v) is 9.50. The van der Waals surface area contributed by atoms with Gasteiger partial charge in [0.25, 0.3) is 0 Å². The van der Waals surface area contributed by atoms with Gasteiger partial charge in [-0.05, 0) is 32.0 Å². The average molecular weight is 212 g/mol. The van der Waals surface area contributed by atoms with E-state index in [0.29, 0.717) is 0 Å². The second-order valence-electron chi connectivity index (χ2n) is 3.58. The van der Waals surface area contributed by atoms with E-state index in [9.17, 15) is 0 Å². The van der Waals surface area contributed by atoms with Crippen molar-refractivity contribution >= 4 is 11.6 Å². The van der Waals surface area contributed by atoms with E-state index in [4.69, 9.17) is 11.6 Å². The van der Waals surface area contributed by atoms with Crippen LogP contribution in [0, 0.1) is 0 Å². The smallest absolute Gasteiger partial charge is 0.0235 e. The molecule has 78 valence electrons. The first-order chi connectivity index (χ1) is 6.83. The zero-order valence-electron chi connectivity index (χ0n) is 8.75. The molecule has 0 N–H and O–H groups in total. The molecule has 0 radical (unpaired) electrons. The molecule has 0 saturated carbocycles. The molecule has 0 saturated heterocycles. The highest BCUT2D eigenvalue weighted by Gasteiger charge is 1.98. The van der Waals surface area contributed by atoms with Gasteiger partial charge in [0, 0.05) is 12.4 Å². The van der Waals surface area contributed by atoms with Crippen LogP contribution in [0.25, 0.3) is 0 Å². The molecule has 1 rings (SSSR count). The van der Waals surface area contributed by atoms with E-state index < -0.39 is 0 Å². The number of halogens is 1. The summed E-state index contributed by atoms with van der Waals surface area (Å²) in [5.74, 6) is 0.760. The highest BCUT2D eigenvalue weighted by Crippen LogP contribution is 2.00. The molecule has 1 nitrogen and oxygen atoms in total. The summed E-state index contributed by atoms with van der Waals surface area (Å²) in [6.45, 7) is 2.21. The number of hydrogen-bond donors (Lipinski definition) is 0. The van der Waals surface area contributed by atoms with Crippen molar-refractivity contribution < 1.29 is 0 Å². The molecule has 0 amide bonds. The summed E-state index contributed by atoms with van der Waals surface area (Å²) in [5, 5.41) is 0. The minimum absolute atomic E-state index is 0.760. The minimum Gasteiger partial charge on any atom is -0.306 e. The first-order valence-electron chi connectivity index (χ1n) is 5.11. The molecular formula is C12H18ClN. The van der Waals surface area contributed by atoms with E-state index in [1.54, 1.807) is 0 Å². The Morgan fingerprint density at radius 2 is 1.86 bits per heavy atom. The fraction of sp³-hybridized carbons (Fsp3) is 0.500. The molecule has 0 aliphatic carbocycles. The number of hydrogen-bond acceptors (Lipinski definition) is 1. The van der Waals surface area contributed by atoms with Gasteiger partial charge in [-0.25, -0.2) is 0 Å². The van der Waals surface area contributed by atoms with Gasteiger partial charge >= 0.3 is 0 Å². The molecule has 0 bridgehead atoms. The number of nitrogens with zero attached hydrogens (tertiary/aromatic N) is 1. The normalized spacial score (nSPS) is 10.8. The van der Waals surface area contributed by atoms with Crippen molar-refractivity contribution in [1.82, 2.24) is 4.90 Å². The third-order valence-electron chi connectivity index (χ3n) is 2.30. The molecular weight excluding hydrogens is 194 g/mol. The highest BCUT2D eigenvalue weighted by molar-refractivity contribution is 6.17. The van der Waals surface area contributed by atoms with Crippen molar-refractivity contribution in [2.75, 3.05) is 26.0 Å². The molecule has 14 heavy (non-hydrogen) atoms. The Morgan fingerprint density at radius 1 is 1.14 bits per heavy atom. The lowest BCUT2D eigenvalue weighted by molar-refractivity contribution is 0.340. The van der Waals surface area contributed by atoms with E-state index in [-0.39, 0.29) is 0 Å². The van der Waals surface area contributed by atoms with Crippen LogP contribution in [0.3, 0.4) is 0 Å². The summed E-state index contributed by atoms with van der Waals surface area (Å²) in [6, 6.07) is 10.6. The Balaban J connectivity index is 2.20. The SMILES string of the molecule is CN(CCCCl)CCc1ccccc1. The molecule has 0 heterocycles. The first-order valence-corrected chi connectivity index (χ1v) is 5.65. The van der Waals surface area contributed by atoms with Crippen LogP contribution in [0.15, 0.2) is 30.3 Å².